The monoisotopic (exact) mass is 284 g/mol. The van der Waals surface area contributed by atoms with Crippen molar-refractivity contribution in [3.63, 3.8) is 0 Å². The van der Waals surface area contributed by atoms with Crippen LogP contribution in [0.4, 0.5) is 4.79 Å². The van der Waals surface area contributed by atoms with Crippen molar-refractivity contribution in [3.8, 4) is 0 Å². The van der Waals surface area contributed by atoms with Gasteiger partial charge in [0.25, 0.3) is 0 Å². The maximum absolute atomic E-state index is 12.2. The zero-order chi connectivity index (χ0) is 14.7. The molecule has 1 saturated carbocycles. The number of likely N-dealkylation sites (tertiary alicyclic amines) is 1. The van der Waals surface area contributed by atoms with Gasteiger partial charge in [-0.2, -0.15) is 0 Å². The highest BCUT2D eigenvalue weighted by molar-refractivity contribution is 5.87. The van der Waals surface area contributed by atoms with Crippen LogP contribution in [0.15, 0.2) is 0 Å². The average Bonchev–Trinajstić information content (AvgIpc) is 3.27. The maximum Gasteiger partial charge on any atom is 0.328 e. The van der Waals surface area contributed by atoms with Gasteiger partial charge >= 0.3 is 18.0 Å². The lowest BCUT2D eigenvalue weighted by Gasteiger charge is -2.34. The number of aliphatic carboxylic acids is 1. The zero-order valence-electron chi connectivity index (χ0n) is 11.5. The first-order valence-electron chi connectivity index (χ1n) is 6.92. The first kappa shape index (κ1) is 14.6. The summed E-state index contributed by atoms with van der Waals surface area (Å²) >= 11 is 0. The fourth-order valence-corrected chi connectivity index (χ4v) is 2.58. The van der Waals surface area contributed by atoms with Gasteiger partial charge in [-0.05, 0) is 38.0 Å². The average molecular weight is 284 g/mol. The molecule has 1 heterocycles. The molecule has 0 aromatic rings. The van der Waals surface area contributed by atoms with E-state index >= 15 is 0 Å². The summed E-state index contributed by atoms with van der Waals surface area (Å²) in [6, 6.07) is -1.95. The van der Waals surface area contributed by atoms with Crippen LogP contribution in [-0.4, -0.2) is 53.7 Å². The van der Waals surface area contributed by atoms with Gasteiger partial charge in [0.2, 0.25) is 0 Å². The molecule has 2 atom stereocenters. The normalized spacial score (nSPS) is 23.9. The van der Waals surface area contributed by atoms with E-state index in [1.54, 1.807) is 0 Å². The number of carbonyl (C=O) groups is 3. The first-order valence-corrected chi connectivity index (χ1v) is 6.92. The van der Waals surface area contributed by atoms with Crippen LogP contribution in [0.3, 0.4) is 0 Å². The lowest BCUT2D eigenvalue weighted by atomic mass is 10.0. The number of rotatable bonds is 4. The molecule has 20 heavy (non-hydrogen) atoms. The number of amides is 2. The standard InChI is InChI=1S/C13H20N2O5/c1-20-12(18)9-4-2-3-7-15(9)13(19)14-10(11(16)17)8-5-6-8/h8-10H,2-7H2,1H3,(H,14,19)(H,16,17). The van der Waals surface area contributed by atoms with Crippen LogP contribution >= 0.6 is 0 Å². The van der Waals surface area contributed by atoms with Crippen molar-refractivity contribution in [2.75, 3.05) is 13.7 Å². The summed E-state index contributed by atoms with van der Waals surface area (Å²) in [5.41, 5.74) is 0. The van der Waals surface area contributed by atoms with Crippen LogP contribution in [0.2, 0.25) is 0 Å². The molecular formula is C13H20N2O5. The Balaban J connectivity index is 2.01. The third kappa shape index (κ3) is 3.20. The molecule has 1 aliphatic carbocycles. The van der Waals surface area contributed by atoms with Gasteiger partial charge in [0, 0.05) is 6.54 Å². The van der Waals surface area contributed by atoms with Gasteiger partial charge in [0.05, 0.1) is 7.11 Å². The lowest BCUT2D eigenvalue weighted by molar-refractivity contribution is -0.146. The molecule has 0 radical (unpaired) electrons. The van der Waals surface area contributed by atoms with Crippen LogP contribution in [0.5, 0.6) is 0 Å². The van der Waals surface area contributed by atoms with Crippen LogP contribution in [0.25, 0.3) is 0 Å². The highest BCUT2D eigenvalue weighted by atomic mass is 16.5. The molecule has 1 saturated heterocycles. The summed E-state index contributed by atoms with van der Waals surface area (Å²) < 4.78 is 4.71. The predicted molar refractivity (Wildman–Crippen MR) is 69.0 cm³/mol. The second kappa shape index (κ2) is 6.11. The summed E-state index contributed by atoms with van der Waals surface area (Å²) in [7, 11) is 1.29. The molecule has 0 spiro atoms. The van der Waals surface area contributed by atoms with Crippen LogP contribution in [-0.2, 0) is 14.3 Å². The highest BCUT2D eigenvalue weighted by Gasteiger charge is 2.40. The highest BCUT2D eigenvalue weighted by Crippen LogP contribution is 2.33. The van der Waals surface area contributed by atoms with E-state index in [9.17, 15) is 14.4 Å². The second-order valence-electron chi connectivity index (χ2n) is 5.33. The van der Waals surface area contributed by atoms with Gasteiger partial charge < -0.3 is 20.1 Å². The van der Waals surface area contributed by atoms with Crippen LogP contribution < -0.4 is 5.32 Å². The Hall–Kier alpha value is -1.79. The van der Waals surface area contributed by atoms with E-state index in [0.29, 0.717) is 13.0 Å². The molecule has 7 heteroatoms. The molecule has 1 aliphatic heterocycles. The van der Waals surface area contributed by atoms with E-state index in [1.807, 2.05) is 0 Å². The smallest absolute Gasteiger partial charge is 0.328 e. The van der Waals surface area contributed by atoms with Crippen molar-refractivity contribution in [3.05, 3.63) is 0 Å². The predicted octanol–water partition coefficient (Wildman–Crippen LogP) is 0.587. The third-order valence-electron chi connectivity index (χ3n) is 3.88. The fourth-order valence-electron chi connectivity index (χ4n) is 2.58. The maximum atomic E-state index is 12.2. The summed E-state index contributed by atoms with van der Waals surface area (Å²) in [5, 5.41) is 11.7. The molecular weight excluding hydrogens is 264 g/mol. The van der Waals surface area contributed by atoms with Crippen LogP contribution in [0.1, 0.15) is 32.1 Å². The van der Waals surface area contributed by atoms with E-state index in [1.165, 1.54) is 12.0 Å². The number of esters is 1. The number of methoxy groups -OCH3 is 1. The Morgan fingerprint density at radius 2 is 1.95 bits per heavy atom. The van der Waals surface area contributed by atoms with Crippen molar-refractivity contribution >= 4 is 18.0 Å². The molecule has 2 fully saturated rings. The molecule has 7 nitrogen and oxygen atoms in total. The molecule has 112 valence electrons. The molecule has 0 bridgehead atoms. The van der Waals surface area contributed by atoms with Gasteiger partial charge in [-0.15, -0.1) is 0 Å². The molecule has 2 unspecified atom stereocenters. The van der Waals surface area contributed by atoms with Gasteiger partial charge in [-0.1, -0.05) is 0 Å². The van der Waals surface area contributed by atoms with Crippen molar-refractivity contribution in [2.24, 2.45) is 5.92 Å². The number of ether oxygens (including phenoxy) is 1. The topological polar surface area (TPSA) is 95.9 Å². The largest absolute Gasteiger partial charge is 0.480 e. The molecule has 2 N–H and O–H groups in total. The molecule has 0 aromatic heterocycles. The number of urea groups is 1. The number of carboxylic acids is 1. The number of nitrogens with one attached hydrogen (secondary N) is 1. The number of nitrogens with zero attached hydrogens (tertiary/aromatic N) is 1. The zero-order valence-corrected chi connectivity index (χ0v) is 11.5. The van der Waals surface area contributed by atoms with Crippen molar-refractivity contribution in [2.45, 2.75) is 44.2 Å². The second-order valence-corrected chi connectivity index (χ2v) is 5.33. The minimum absolute atomic E-state index is 0.0119. The van der Waals surface area contributed by atoms with Gasteiger partial charge in [-0.25, -0.2) is 14.4 Å². The van der Waals surface area contributed by atoms with Gasteiger partial charge in [0.1, 0.15) is 12.1 Å². The number of carboxylic acid groups (broad SMARTS) is 1. The van der Waals surface area contributed by atoms with Crippen molar-refractivity contribution < 1.29 is 24.2 Å². The molecule has 0 aromatic carbocycles. The molecule has 2 amide bonds. The Kier molecular flexibility index (Phi) is 4.46. The summed E-state index contributed by atoms with van der Waals surface area (Å²) in [4.78, 5) is 36.4. The minimum atomic E-state index is -1.02. The Morgan fingerprint density at radius 3 is 2.50 bits per heavy atom. The minimum Gasteiger partial charge on any atom is -0.480 e. The third-order valence-corrected chi connectivity index (χ3v) is 3.88. The van der Waals surface area contributed by atoms with Gasteiger partial charge in [-0.3, -0.25) is 0 Å². The number of hydrogen-bond acceptors (Lipinski definition) is 4. The van der Waals surface area contributed by atoms with Crippen molar-refractivity contribution in [1.29, 1.82) is 0 Å². The lowest BCUT2D eigenvalue weighted by Crippen LogP contribution is -2.55. The van der Waals surface area contributed by atoms with E-state index in [2.05, 4.69) is 5.32 Å². The van der Waals surface area contributed by atoms with Gasteiger partial charge in [0.15, 0.2) is 0 Å². The van der Waals surface area contributed by atoms with E-state index in [-0.39, 0.29) is 5.92 Å². The first-order chi connectivity index (χ1) is 9.54. The quantitative estimate of drug-likeness (QED) is 0.736. The van der Waals surface area contributed by atoms with E-state index in [0.717, 1.165) is 25.7 Å². The number of carbonyl (C=O) groups excluding carboxylic acids is 2. The summed E-state index contributed by atoms with van der Waals surface area (Å²) in [5.74, 6) is -1.46. The van der Waals surface area contributed by atoms with Crippen molar-refractivity contribution in [1.82, 2.24) is 10.2 Å². The SMILES string of the molecule is COC(=O)C1CCCCN1C(=O)NC(C(=O)O)C1CC1. The van der Waals surface area contributed by atoms with E-state index < -0.39 is 30.1 Å². The summed E-state index contributed by atoms with van der Waals surface area (Å²) in [6.45, 7) is 0.447. The number of hydrogen-bond donors (Lipinski definition) is 2. The Morgan fingerprint density at radius 1 is 1.25 bits per heavy atom. The van der Waals surface area contributed by atoms with Crippen LogP contribution in [0, 0.1) is 5.92 Å². The molecule has 2 aliphatic rings. The molecule has 2 rings (SSSR count). The van der Waals surface area contributed by atoms with E-state index in [4.69, 9.17) is 9.84 Å². The Labute approximate surface area is 117 Å². The Bertz CT molecular complexity index is 408. The fraction of sp³-hybridized carbons (Fsp3) is 0.769. The summed E-state index contributed by atoms with van der Waals surface area (Å²) in [6.07, 6.45) is 3.85. The number of piperidine rings is 1.